The second-order valence-electron chi connectivity index (χ2n) is 6.72. The van der Waals surface area contributed by atoms with Crippen molar-refractivity contribution >= 4 is 17.3 Å². The molecule has 1 saturated heterocycles. The number of aliphatic imine (C=N–C) groups is 1. The highest BCUT2D eigenvalue weighted by Gasteiger charge is 2.25. The molecular formula is C20H30N4OS. The molecule has 0 aliphatic carbocycles. The number of nitrogens with one attached hydrogen (secondary N) is 1. The van der Waals surface area contributed by atoms with Crippen molar-refractivity contribution in [1.29, 1.82) is 0 Å². The first-order valence-electron chi connectivity index (χ1n) is 9.57. The number of likely N-dealkylation sites (N-methyl/N-ethyl adjacent to an activating group) is 1. The van der Waals surface area contributed by atoms with Crippen LogP contribution in [-0.4, -0.2) is 55.5 Å². The summed E-state index contributed by atoms with van der Waals surface area (Å²) in [6.07, 6.45) is 5.34. The standard InChI is InChI=1S/C20H30N4OS/c1-3-21-20(23(2)13-10-17-8-7-15-26-17)22-16-18(19-9-6-14-25-19)24-11-4-5-12-24/h6-9,14-15,18H,3-5,10-13,16H2,1-2H3,(H,21,22). The van der Waals surface area contributed by atoms with E-state index in [2.05, 4.69) is 52.7 Å². The summed E-state index contributed by atoms with van der Waals surface area (Å²) in [5.74, 6) is 1.99. The van der Waals surface area contributed by atoms with Gasteiger partial charge in [0.25, 0.3) is 0 Å². The minimum atomic E-state index is 0.229. The number of furan rings is 1. The van der Waals surface area contributed by atoms with E-state index in [4.69, 9.17) is 9.41 Å². The molecule has 1 atom stereocenters. The van der Waals surface area contributed by atoms with Crippen LogP contribution in [0.15, 0.2) is 45.3 Å². The summed E-state index contributed by atoms with van der Waals surface area (Å²) in [4.78, 5) is 11.1. The SMILES string of the molecule is CCNC(=NCC(c1ccco1)N1CCCC1)N(C)CCc1cccs1. The maximum Gasteiger partial charge on any atom is 0.193 e. The van der Waals surface area contributed by atoms with E-state index in [0.29, 0.717) is 0 Å². The molecule has 6 heteroatoms. The molecule has 3 heterocycles. The number of hydrogen-bond acceptors (Lipinski definition) is 4. The third kappa shape index (κ3) is 5.11. The molecule has 1 unspecified atom stereocenters. The Kier molecular flexibility index (Phi) is 7.14. The van der Waals surface area contributed by atoms with Crippen molar-refractivity contribution in [2.24, 2.45) is 4.99 Å². The largest absolute Gasteiger partial charge is 0.468 e. The number of thiophene rings is 1. The van der Waals surface area contributed by atoms with E-state index < -0.39 is 0 Å². The Morgan fingerprint density at radius 2 is 2.19 bits per heavy atom. The lowest BCUT2D eigenvalue weighted by atomic mass is 10.2. The Morgan fingerprint density at radius 1 is 1.35 bits per heavy atom. The van der Waals surface area contributed by atoms with Gasteiger partial charge in [-0.05, 0) is 62.9 Å². The molecular weight excluding hydrogens is 344 g/mol. The Labute approximate surface area is 160 Å². The molecule has 0 bridgehead atoms. The molecule has 0 spiro atoms. The molecule has 1 aliphatic heterocycles. The van der Waals surface area contributed by atoms with Gasteiger partial charge in [0.15, 0.2) is 5.96 Å². The van der Waals surface area contributed by atoms with Crippen molar-refractivity contribution < 1.29 is 4.42 Å². The molecule has 26 heavy (non-hydrogen) atoms. The topological polar surface area (TPSA) is 44.0 Å². The summed E-state index contributed by atoms with van der Waals surface area (Å²) < 4.78 is 5.71. The summed E-state index contributed by atoms with van der Waals surface area (Å²) >= 11 is 1.82. The van der Waals surface area contributed by atoms with Gasteiger partial charge in [0, 0.05) is 25.0 Å². The summed E-state index contributed by atoms with van der Waals surface area (Å²) in [5.41, 5.74) is 0. The Balaban J connectivity index is 1.65. The van der Waals surface area contributed by atoms with Crippen LogP contribution in [0.3, 0.4) is 0 Å². The molecule has 0 aromatic carbocycles. The summed E-state index contributed by atoms with van der Waals surface area (Å²) in [7, 11) is 2.12. The number of likely N-dealkylation sites (tertiary alicyclic amines) is 1. The van der Waals surface area contributed by atoms with Crippen molar-refractivity contribution in [3.8, 4) is 0 Å². The first-order valence-corrected chi connectivity index (χ1v) is 10.4. The van der Waals surface area contributed by atoms with E-state index in [0.717, 1.165) is 50.9 Å². The van der Waals surface area contributed by atoms with E-state index >= 15 is 0 Å². The van der Waals surface area contributed by atoms with Crippen molar-refractivity contribution in [3.63, 3.8) is 0 Å². The molecule has 1 N–H and O–H groups in total. The highest BCUT2D eigenvalue weighted by molar-refractivity contribution is 7.09. The van der Waals surface area contributed by atoms with Crippen LogP contribution in [0, 0.1) is 0 Å². The maximum absolute atomic E-state index is 5.71. The molecule has 142 valence electrons. The number of guanidine groups is 1. The predicted octanol–water partition coefficient (Wildman–Crippen LogP) is 3.62. The first kappa shape index (κ1) is 19.0. The summed E-state index contributed by atoms with van der Waals surface area (Å²) in [6.45, 7) is 6.93. The third-order valence-electron chi connectivity index (χ3n) is 4.84. The highest BCUT2D eigenvalue weighted by atomic mass is 32.1. The predicted molar refractivity (Wildman–Crippen MR) is 109 cm³/mol. The van der Waals surface area contributed by atoms with Crippen molar-refractivity contribution in [2.45, 2.75) is 32.2 Å². The second kappa shape index (κ2) is 9.78. The van der Waals surface area contributed by atoms with Gasteiger partial charge in [-0.15, -0.1) is 11.3 Å². The van der Waals surface area contributed by atoms with Gasteiger partial charge in [0.05, 0.1) is 18.8 Å². The van der Waals surface area contributed by atoms with Crippen LogP contribution >= 0.6 is 11.3 Å². The van der Waals surface area contributed by atoms with E-state index in [1.807, 2.05) is 17.4 Å². The maximum atomic E-state index is 5.71. The Hall–Kier alpha value is -1.79. The quantitative estimate of drug-likeness (QED) is 0.566. The van der Waals surface area contributed by atoms with Gasteiger partial charge in [-0.1, -0.05) is 6.07 Å². The molecule has 1 aliphatic rings. The van der Waals surface area contributed by atoms with Crippen molar-refractivity contribution in [1.82, 2.24) is 15.1 Å². The molecule has 2 aromatic rings. The van der Waals surface area contributed by atoms with Crippen LogP contribution in [0.5, 0.6) is 0 Å². The van der Waals surface area contributed by atoms with Gasteiger partial charge >= 0.3 is 0 Å². The van der Waals surface area contributed by atoms with Gasteiger partial charge in [-0.25, -0.2) is 0 Å². The Morgan fingerprint density at radius 3 is 2.85 bits per heavy atom. The first-order chi connectivity index (χ1) is 12.8. The second-order valence-corrected chi connectivity index (χ2v) is 7.75. The molecule has 0 saturated carbocycles. The monoisotopic (exact) mass is 374 g/mol. The van der Waals surface area contributed by atoms with Crippen LogP contribution in [-0.2, 0) is 6.42 Å². The van der Waals surface area contributed by atoms with Gasteiger partial charge in [0.2, 0.25) is 0 Å². The zero-order valence-corrected chi connectivity index (χ0v) is 16.7. The molecule has 0 amide bonds. The lowest BCUT2D eigenvalue weighted by Gasteiger charge is -2.26. The number of hydrogen-bond donors (Lipinski definition) is 1. The van der Waals surface area contributed by atoms with E-state index in [1.165, 1.54) is 17.7 Å². The zero-order chi connectivity index (χ0) is 18.2. The third-order valence-corrected chi connectivity index (χ3v) is 5.77. The van der Waals surface area contributed by atoms with Crippen LogP contribution in [0.1, 0.15) is 36.4 Å². The minimum Gasteiger partial charge on any atom is -0.468 e. The lowest BCUT2D eigenvalue weighted by Crippen LogP contribution is -2.40. The normalized spacial score (nSPS) is 16.8. The van der Waals surface area contributed by atoms with Crippen LogP contribution in [0.25, 0.3) is 0 Å². The van der Waals surface area contributed by atoms with Gasteiger partial charge in [-0.2, -0.15) is 0 Å². The fraction of sp³-hybridized carbons (Fsp3) is 0.550. The number of nitrogens with zero attached hydrogens (tertiary/aromatic N) is 3. The van der Waals surface area contributed by atoms with Gasteiger partial charge in [-0.3, -0.25) is 9.89 Å². The van der Waals surface area contributed by atoms with Crippen LogP contribution in [0.4, 0.5) is 0 Å². The average molecular weight is 375 g/mol. The molecule has 0 radical (unpaired) electrons. The summed E-state index contributed by atoms with van der Waals surface area (Å²) in [6, 6.07) is 8.59. The molecule has 1 fully saturated rings. The minimum absolute atomic E-state index is 0.229. The van der Waals surface area contributed by atoms with Gasteiger partial charge in [0.1, 0.15) is 5.76 Å². The molecule has 3 rings (SSSR count). The fourth-order valence-electron chi connectivity index (χ4n) is 3.40. The van der Waals surface area contributed by atoms with E-state index in [-0.39, 0.29) is 6.04 Å². The van der Waals surface area contributed by atoms with E-state index in [1.54, 1.807) is 6.26 Å². The fourth-order valence-corrected chi connectivity index (χ4v) is 4.10. The van der Waals surface area contributed by atoms with E-state index in [9.17, 15) is 0 Å². The lowest BCUT2D eigenvalue weighted by molar-refractivity contribution is 0.220. The van der Waals surface area contributed by atoms with Crippen LogP contribution in [0.2, 0.25) is 0 Å². The van der Waals surface area contributed by atoms with Gasteiger partial charge < -0.3 is 14.6 Å². The molecule has 5 nitrogen and oxygen atoms in total. The average Bonchev–Trinajstić information content (AvgIpc) is 3.42. The zero-order valence-electron chi connectivity index (χ0n) is 15.9. The van der Waals surface area contributed by atoms with Crippen LogP contribution < -0.4 is 5.32 Å². The Bertz CT molecular complexity index is 647. The highest BCUT2D eigenvalue weighted by Crippen LogP contribution is 2.25. The molecule has 2 aromatic heterocycles. The number of rotatable bonds is 8. The van der Waals surface area contributed by atoms with Crippen molar-refractivity contribution in [3.05, 3.63) is 46.5 Å². The summed E-state index contributed by atoms with van der Waals surface area (Å²) in [5, 5.41) is 5.57. The smallest absolute Gasteiger partial charge is 0.193 e. The van der Waals surface area contributed by atoms with Crippen molar-refractivity contribution in [2.75, 3.05) is 39.8 Å².